The van der Waals surface area contributed by atoms with Gasteiger partial charge in [-0.25, -0.2) is 0 Å². The Hall–Kier alpha value is -3.09. The molecule has 138 valence electrons. The zero-order chi connectivity index (χ0) is 18.5. The van der Waals surface area contributed by atoms with E-state index in [9.17, 15) is 4.79 Å². The van der Waals surface area contributed by atoms with Crippen molar-refractivity contribution in [2.75, 3.05) is 6.54 Å². The number of tetrazole rings is 1. The highest BCUT2D eigenvalue weighted by Gasteiger charge is 2.29. The van der Waals surface area contributed by atoms with Gasteiger partial charge in [0.25, 0.3) is 0 Å². The molecule has 4 rings (SSSR count). The van der Waals surface area contributed by atoms with Gasteiger partial charge in [-0.2, -0.15) is 4.80 Å². The Morgan fingerprint density at radius 1 is 1.11 bits per heavy atom. The van der Waals surface area contributed by atoms with Crippen molar-refractivity contribution < 1.29 is 4.79 Å². The predicted octanol–water partition coefficient (Wildman–Crippen LogP) is 2.36. The summed E-state index contributed by atoms with van der Waals surface area (Å²) in [5, 5.41) is 12.7. The quantitative estimate of drug-likeness (QED) is 0.673. The molecule has 0 N–H and O–H groups in total. The molecule has 0 radical (unpaired) electrons. The van der Waals surface area contributed by atoms with Gasteiger partial charge in [-0.05, 0) is 42.2 Å². The number of rotatable bonds is 6. The van der Waals surface area contributed by atoms with Crippen LogP contribution >= 0.6 is 0 Å². The lowest BCUT2D eigenvalue weighted by Crippen LogP contribution is -2.38. The number of pyridine rings is 1. The minimum atomic E-state index is 0.132. The zero-order valence-electron chi connectivity index (χ0n) is 15.1. The highest BCUT2D eigenvalue weighted by atomic mass is 16.2. The largest absolute Gasteiger partial charge is 0.338 e. The Balaban J connectivity index is 1.37. The van der Waals surface area contributed by atoms with E-state index in [1.165, 1.54) is 5.56 Å². The van der Waals surface area contributed by atoms with E-state index >= 15 is 0 Å². The summed E-state index contributed by atoms with van der Waals surface area (Å²) in [6.07, 6.45) is 6.72. The molecular formula is C20H22N6O. The van der Waals surface area contributed by atoms with Crippen molar-refractivity contribution in [3.05, 3.63) is 60.4 Å². The molecule has 7 nitrogen and oxygen atoms in total. The Labute approximate surface area is 158 Å². The highest BCUT2D eigenvalue weighted by molar-refractivity contribution is 5.77. The minimum absolute atomic E-state index is 0.132. The first-order chi connectivity index (χ1) is 13.3. The maximum atomic E-state index is 12.7. The van der Waals surface area contributed by atoms with Crippen molar-refractivity contribution in [3.63, 3.8) is 0 Å². The second-order valence-electron chi connectivity index (χ2n) is 6.77. The molecule has 27 heavy (non-hydrogen) atoms. The second-order valence-corrected chi connectivity index (χ2v) is 6.77. The van der Waals surface area contributed by atoms with Gasteiger partial charge in [0.15, 0.2) is 0 Å². The van der Waals surface area contributed by atoms with Gasteiger partial charge >= 0.3 is 0 Å². The summed E-state index contributed by atoms with van der Waals surface area (Å²) in [5.74, 6) is 0.785. The second kappa shape index (κ2) is 8.07. The summed E-state index contributed by atoms with van der Waals surface area (Å²) in [5.41, 5.74) is 2.08. The molecule has 0 saturated carbocycles. The van der Waals surface area contributed by atoms with Gasteiger partial charge in [-0.3, -0.25) is 9.78 Å². The fourth-order valence-corrected chi connectivity index (χ4v) is 3.52. The molecule has 0 aliphatic carbocycles. The van der Waals surface area contributed by atoms with Crippen LogP contribution in [0.25, 0.3) is 11.4 Å². The van der Waals surface area contributed by atoms with Gasteiger partial charge in [-0.15, -0.1) is 10.2 Å². The van der Waals surface area contributed by atoms with Crippen molar-refractivity contribution in [2.45, 2.75) is 38.3 Å². The first-order valence-electron chi connectivity index (χ1n) is 9.31. The number of aryl methyl sites for hydroxylation is 1. The number of nitrogens with zero attached hydrogens (tertiary/aromatic N) is 6. The number of carbonyl (C=O) groups is 1. The number of likely N-dealkylation sites (tertiary alicyclic amines) is 1. The third-order valence-corrected chi connectivity index (χ3v) is 4.93. The number of hydrogen-bond acceptors (Lipinski definition) is 5. The third-order valence-electron chi connectivity index (χ3n) is 4.93. The van der Waals surface area contributed by atoms with Crippen molar-refractivity contribution >= 4 is 5.91 Å². The van der Waals surface area contributed by atoms with Crippen LogP contribution in [0.1, 0.15) is 24.8 Å². The molecule has 0 bridgehead atoms. The van der Waals surface area contributed by atoms with Crippen molar-refractivity contribution in [3.8, 4) is 11.4 Å². The van der Waals surface area contributed by atoms with Crippen LogP contribution in [-0.4, -0.2) is 48.6 Å². The Morgan fingerprint density at radius 3 is 2.74 bits per heavy atom. The number of aromatic nitrogens is 5. The fraction of sp³-hybridized carbons (Fsp3) is 0.350. The Kier molecular flexibility index (Phi) is 5.18. The van der Waals surface area contributed by atoms with E-state index < -0.39 is 0 Å². The fourth-order valence-electron chi connectivity index (χ4n) is 3.52. The van der Waals surface area contributed by atoms with Crippen molar-refractivity contribution in [1.82, 2.24) is 30.1 Å². The summed E-state index contributed by atoms with van der Waals surface area (Å²) in [7, 11) is 0. The van der Waals surface area contributed by atoms with E-state index in [0.29, 0.717) is 18.8 Å². The van der Waals surface area contributed by atoms with Crippen LogP contribution in [-0.2, 0) is 17.8 Å². The van der Waals surface area contributed by atoms with Gasteiger partial charge in [-0.1, -0.05) is 30.3 Å². The van der Waals surface area contributed by atoms with Gasteiger partial charge in [0, 0.05) is 30.9 Å². The standard InChI is InChI=1S/C20H22N6O/c27-19(9-8-16-5-2-1-3-6-16)25-14-4-7-18(25)15-26-23-20(22-24-26)17-10-12-21-13-11-17/h1-3,5-6,10-13,18H,4,7-9,14-15H2/t18-/m0/s1. The molecule has 0 spiro atoms. The Morgan fingerprint density at radius 2 is 1.93 bits per heavy atom. The van der Waals surface area contributed by atoms with Crippen LogP contribution in [0.4, 0.5) is 0 Å². The van der Waals surface area contributed by atoms with E-state index in [-0.39, 0.29) is 11.9 Å². The zero-order valence-corrected chi connectivity index (χ0v) is 15.1. The molecule has 1 aromatic carbocycles. The van der Waals surface area contributed by atoms with Gasteiger partial charge < -0.3 is 4.90 Å². The van der Waals surface area contributed by atoms with Gasteiger partial charge in [0.1, 0.15) is 0 Å². The number of hydrogen-bond donors (Lipinski definition) is 0. The van der Waals surface area contributed by atoms with E-state index in [1.807, 2.05) is 35.2 Å². The first-order valence-corrected chi connectivity index (χ1v) is 9.31. The molecule has 7 heteroatoms. The summed E-state index contributed by atoms with van der Waals surface area (Å²) >= 11 is 0. The first kappa shape index (κ1) is 17.3. The lowest BCUT2D eigenvalue weighted by Gasteiger charge is -2.24. The Bertz CT molecular complexity index is 880. The van der Waals surface area contributed by atoms with Crippen molar-refractivity contribution in [1.29, 1.82) is 0 Å². The molecule has 3 heterocycles. The number of amides is 1. The summed E-state index contributed by atoms with van der Waals surface area (Å²) in [6.45, 7) is 1.39. The smallest absolute Gasteiger partial charge is 0.223 e. The van der Waals surface area contributed by atoms with Crippen LogP contribution in [0.2, 0.25) is 0 Å². The van der Waals surface area contributed by atoms with Crippen LogP contribution in [0.3, 0.4) is 0 Å². The summed E-state index contributed by atoms with van der Waals surface area (Å²) in [6, 6.07) is 14.0. The maximum absolute atomic E-state index is 12.7. The van der Waals surface area contributed by atoms with Gasteiger partial charge in [0.2, 0.25) is 11.7 Å². The molecule has 3 aromatic rings. The van der Waals surface area contributed by atoms with Gasteiger partial charge in [0.05, 0.1) is 12.6 Å². The summed E-state index contributed by atoms with van der Waals surface area (Å²) < 4.78 is 0. The predicted molar refractivity (Wildman–Crippen MR) is 101 cm³/mol. The normalized spacial score (nSPS) is 16.6. The number of benzene rings is 1. The maximum Gasteiger partial charge on any atom is 0.223 e. The molecule has 1 saturated heterocycles. The van der Waals surface area contributed by atoms with Crippen molar-refractivity contribution in [2.24, 2.45) is 0 Å². The van der Waals surface area contributed by atoms with Crippen LogP contribution < -0.4 is 0 Å². The van der Waals surface area contributed by atoms with Crippen LogP contribution in [0.15, 0.2) is 54.9 Å². The van der Waals surface area contributed by atoms with Crippen LogP contribution in [0, 0.1) is 0 Å². The third kappa shape index (κ3) is 4.19. The molecule has 1 aliphatic rings. The molecule has 2 aromatic heterocycles. The lowest BCUT2D eigenvalue weighted by atomic mass is 10.1. The van der Waals surface area contributed by atoms with E-state index in [1.54, 1.807) is 17.2 Å². The number of carbonyl (C=O) groups excluding carboxylic acids is 1. The average molecular weight is 362 g/mol. The summed E-state index contributed by atoms with van der Waals surface area (Å²) in [4.78, 5) is 20.3. The average Bonchev–Trinajstić information content (AvgIpc) is 3.38. The van der Waals surface area contributed by atoms with E-state index in [0.717, 1.165) is 31.4 Å². The van der Waals surface area contributed by atoms with E-state index in [2.05, 4.69) is 32.5 Å². The minimum Gasteiger partial charge on any atom is -0.338 e. The highest BCUT2D eigenvalue weighted by Crippen LogP contribution is 2.20. The molecule has 0 unspecified atom stereocenters. The molecule has 1 aliphatic heterocycles. The lowest BCUT2D eigenvalue weighted by molar-refractivity contribution is -0.132. The van der Waals surface area contributed by atoms with Crippen LogP contribution in [0.5, 0.6) is 0 Å². The molecule has 1 amide bonds. The molecule has 1 fully saturated rings. The SMILES string of the molecule is O=C(CCc1ccccc1)N1CCC[C@H]1Cn1nnc(-c2ccncc2)n1. The molecule has 1 atom stereocenters. The van der Waals surface area contributed by atoms with E-state index in [4.69, 9.17) is 0 Å². The topological polar surface area (TPSA) is 76.8 Å². The monoisotopic (exact) mass is 362 g/mol. The molecular weight excluding hydrogens is 340 g/mol.